The molecule has 0 radical (unpaired) electrons. The van der Waals surface area contributed by atoms with Gasteiger partial charge in [-0.15, -0.1) is 0 Å². The van der Waals surface area contributed by atoms with Gasteiger partial charge in [-0.2, -0.15) is 11.8 Å². The van der Waals surface area contributed by atoms with Crippen molar-refractivity contribution in [1.29, 1.82) is 0 Å². The summed E-state index contributed by atoms with van der Waals surface area (Å²) < 4.78 is 4.74. The summed E-state index contributed by atoms with van der Waals surface area (Å²) in [6.07, 6.45) is 0.962. The molecular weight excluding hydrogens is 198 g/mol. The van der Waals surface area contributed by atoms with E-state index in [-0.39, 0.29) is 11.9 Å². The van der Waals surface area contributed by atoms with Crippen molar-refractivity contribution < 1.29 is 9.53 Å². The maximum absolute atomic E-state index is 11.2. The molecule has 1 atom stereocenters. The van der Waals surface area contributed by atoms with E-state index in [1.165, 1.54) is 18.6 Å². The Bertz CT molecular complexity index is 187. The van der Waals surface area contributed by atoms with E-state index in [1.807, 2.05) is 11.8 Å². The molecule has 0 aromatic carbocycles. The quantitative estimate of drug-likeness (QED) is 0.512. The zero-order valence-electron chi connectivity index (χ0n) is 8.99. The molecule has 0 amide bonds. The van der Waals surface area contributed by atoms with Crippen LogP contribution in [0.4, 0.5) is 0 Å². The third-order valence-corrected chi connectivity index (χ3v) is 3.44. The molecule has 1 heterocycles. The summed E-state index contributed by atoms with van der Waals surface area (Å²) >= 11 is 1.95. The highest BCUT2D eigenvalue weighted by molar-refractivity contribution is 7.99. The maximum Gasteiger partial charge on any atom is 0.310 e. The Kier molecular flexibility index (Phi) is 5.33. The van der Waals surface area contributed by atoms with E-state index in [2.05, 4.69) is 11.8 Å². The second kappa shape index (κ2) is 6.30. The number of rotatable bonds is 5. The Morgan fingerprint density at radius 3 is 3.07 bits per heavy atom. The lowest BCUT2D eigenvalue weighted by Gasteiger charge is -2.14. The van der Waals surface area contributed by atoms with Crippen LogP contribution in [0.1, 0.15) is 13.3 Å². The molecule has 0 aliphatic carbocycles. The zero-order chi connectivity index (χ0) is 10.4. The molecule has 1 aliphatic rings. The predicted octanol–water partition coefficient (Wildman–Crippen LogP) is 1.23. The average Bonchev–Trinajstić information content (AvgIpc) is 2.66. The summed E-state index contributed by atoms with van der Waals surface area (Å²) in [5.41, 5.74) is 0. The van der Waals surface area contributed by atoms with Gasteiger partial charge in [-0.1, -0.05) is 6.92 Å². The van der Waals surface area contributed by atoms with Gasteiger partial charge in [-0.25, -0.2) is 0 Å². The molecule has 1 rings (SSSR count). The van der Waals surface area contributed by atoms with Gasteiger partial charge in [0.15, 0.2) is 0 Å². The highest BCUT2D eigenvalue weighted by Gasteiger charge is 2.28. The predicted molar refractivity (Wildman–Crippen MR) is 59.6 cm³/mol. The van der Waals surface area contributed by atoms with Crippen molar-refractivity contribution >= 4 is 17.7 Å². The molecule has 1 unspecified atom stereocenters. The second-order valence-electron chi connectivity index (χ2n) is 3.51. The molecule has 0 aromatic heterocycles. The molecule has 0 N–H and O–H groups in total. The monoisotopic (exact) mass is 217 g/mol. The first-order valence-electron chi connectivity index (χ1n) is 5.15. The number of thioether (sulfide) groups is 1. The normalized spacial score (nSPS) is 22.6. The molecule has 14 heavy (non-hydrogen) atoms. The smallest absolute Gasteiger partial charge is 0.310 e. The second-order valence-corrected chi connectivity index (χ2v) is 4.90. The number of hydrogen-bond acceptors (Lipinski definition) is 4. The molecule has 0 aromatic rings. The number of nitrogens with zero attached hydrogens (tertiary/aromatic N) is 1. The molecule has 3 nitrogen and oxygen atoms in total. The van der Waals surface area contributed by atoms with Gasteiger partial charge >= 0.3 is 5.97 Å². The van der Waals surface area contributed by atoms with Crippen LogP contribution in [0, 0.1) is 5.92 Å². The molecule has 0 saturated carbocycles. The first-order chi connectivity index (χ1) is 6.77. The number of likely N-dealkylation sites (tertiary alicyclic amines) is 1. The summed E-state index contributed by atoms with van der Waals surface area (Å²) in [5, 5.41) is 0. The van der Waals surface area contributed by atoms with Gasteiger partial charge in [-0.05, 0) is 18.7 Å². The molecule has 4 heteroatoms. The van der Waals surface area contributed by atoms with E-state index in [0.29, 0.717) is 0 Å². The SMILES string of the molecule is CCSCCN1CCC(C(=O)OC)C1. The summed E-state index contributed by atoms with van der Waals surface area (Å²) in [6.45, 7) is 5.21. The van der Waals surface area contributed by atoms with Gasteiger partial charge in [-0.3, -0.25) is 4.79 Å². The van der Waals surface area contributed by atoms with Crippen LogP contribution in [0.25, 0.3) is 0 Å². The van der Waals surface area contributed by atoms with Crippen molar-refractivity contribution in [2.45, 2.75) is 13.3 Å². The zero-order valence-corrected chi connectivity index (χ0v) is 9.81. The Labute approximate surface area is 90.2 Å². The van der Waals surface area contributed by atoms with Gasteiger partial charge in [0, 0.05) is 18.8 Å². The van der Waals surface area contributed by atoms with Crippen molar-refractivity contribution in [3.8, 4) is 0 Å². The number of methoxy groups -OCH3 is 1. The van der Waals surface area contributed by atoms with Crippen LogP contribution in [0.2, 0.25) is 0 Å². The van der Waals surface area contributed by atoms with Crippen LogP contribution >= 0.6 is 11.8 Å². The highest BCUT2D eigenvalue weighted by Crippen LogP contribution is 2.17. The van der Waals surface area contributed by atoms with Gasteiger partial charge < -0.3 is 9.64 Å². The Morgan fingerprint density at radius 1 is 1.64 bits per heavy atom. The van der Waals surface area contributed by atoms with E-state index in [4.69, 9.17) is 4.74 Å². The van der Waals surface area contributed by atoms with Crippen LogP contribution in [0.5, 0.6) is 0 Å². The molecule has 1 aliphatic heterocycles. The van der Waals surface area contributed by atoms with Crippen molar-refractivity contribution in [1.82, 2.24) is 4.90 Å². The molecule has 0 bridgehead atoms. The fourth-order valence-electron chi connectivity index (χ4n) is 1.73. The standard InChI is InChI=1S/C10H19NO2S/c1-3-14-7-6-11-5-4-9(8-11)10(12)13-2/h9H,3-8H2,1-2H3. The van der Waals surface area contributed by atoms with Crippen molar-refractivity contribution in [3.05, 3.63) is 0 Å². The fraction of sp³-hybridized carbons (Fsp3) is 0.900. The summed E-state index contributed by atoms with van der Waals surface area (Å²) in [4.78, 5) is 13.6. The van der Waals surface area contributed by atoms with Crippen molar-refractivity contribution in [2.75, 3.05) is 38.2 Å². The van der Waals surface area contributed by atoms with Crippen LogP contribution in [0.15, 0.2) is 0 Å². The Morgan fingerprint density at radius 2 is 2.43 bits per heavy atom. The molecule has 1 saturated heterocycles. The highest BCUT2D eigenvalue weighted by atomic mass is 32.2. The number of hydrogen-bond donors (Lipinski definition) is 0. The number of esters is 1. The van der Waals surface area contributed by atoms with Gasteiger partial charge in [0.25, 0.3) is 0 Å². The molecular formula is C10H19NO2S. The van der Waals surface area contributed by atoms with Gasteiger partial charge in [0.2, 0.25) is 0 Å². The third-order valence-electron chi connectivity index (χ3n) is 2.56. The van der Waals surface area contributed by atoms with E-state index in [0.717, 1.165) is 26.1 Å². The van der Waals surface area contributed by atoms with E-state index >= 15 is 0 Å². The number of carbonyl (C=O) groups excluding carboxylic acids is 1. The lowest BCUT2D eigenvalue weighted by molar-refractivity contribution is -0.144. The minimum atomic E-state index is -0.0457. The maximum atomic E-state index is 11.2. The van der Waals surface area contributed by atoms with Crippen LogP contribution < -0.4 is 0 Å². The summed E-state index contributed by atoms with van der Waals surface area (Å²) in [5.74, 6) is 2.42. The van der Waals surface area contributed by atoms with Crippen molar-refractivity contribution in [3.63, 3.8) is 0 Å². The topological polar surface area (TPSA) is 29.5 Å². The first-order valence-corrected chi connectivity index (χ1v) is 6.31. The van der Waals surface area contributed by atoms with E-state index in [9.17, 15) is 4.79 Å². The number of ether oxygens (including phenoxy) is 1. The van der Waals surface area contributed by atoms with Gasteiger partial charge in [0.1, 0.15) is 0 Å². The van der Waals surface area contributed by atoms with Crippen LogP contribution in [0.3, 0.4) is 0 Å². The lowest BCUT2D eigenvalue weighted by Crippen LogP contribution is -2.26. The largest absolute Gasteiger partial charge is 0.469 e. The van der Waals surface area contributed by atoms with Crippen LogP contribution in [-0.4, -0.2) is 49.1 Å². The van der Waals surface area contributed by atoms with E-state index in [1.54, 1.807) is 0 Å². The summed E-state index contributed by atoms with van der Waals surface area (Å²) in [6, 6.07) is 0. The van der Waals surface area contributed by atoms with Crippen LogP contribution in [-0.2, 0) is 9.53 Å². The molecule has 82 valence electrons. The van der Waals surface area contributed by atoms with E-state index < -0.39 is 0 Å². The number of carbonyl (C=O) groups is 1. The first kappa shape index (κ1) is 11.9. The lowest BCUT2D eigenvalue weighted by atomic mass is 10.1. The Hall–Kier alpha value is -0.220. The third kappa shape index (κ3) is 3.50. The molecule has 1 fully saturated rings. The van der Waals surface area contributed by atoms with Gasteiger partial charge in [0.05, 0.1) is 13.0 Å². The average molecular weight is 217 g/mol. The fourth-order valence-corrected chi connectivity index (χ4v) is 2.41. The Balaban J connectivity index is 2.17. The minimum absolute atomic E-state index is 0.0457. The molecule has 0 spiro atoms. The summed E-state index contributed by atoms with van der Waals surface area (Å²) in [7, 11) is 1.47. The van der Waals surface area contributed by atoms with Crippen molar-refractivity contribution in [2.24, 2.45) is 5.92 Å². The minimum Gasteiger partial charge on any atom is -0.469 e.